The molecule has 0 unspecified atom stereocenters. The summed E-state index contributed by atoms with van der Waals surface area (Å²) in [5.74, 6) is 0.969. The van der Waals surface area contributed by atoms with E-state index in [4.69, 9.17) is 10.5 Å². The van der Waals surface area contributed by atoms with Crippen molar-refractivity contribution in [2.24, 2.45) is 23.7 Å². The van der Waals surface area contributed by atoms with Gasteiger partial charge in [-0.1, -0.05) is 12.8 Å². The fourth-order valence-corrected chi connectivity index (χ4v) is 3.32. The highest BCUT2D eigenvalue weighted by Gasteiger charge is 2.30. The second-order valence-corrected chi connectivity index (χ2v) is 6.14. The van der Waals surface area contributed by atoms with E-state index in [1.54, 1.807) is 0 Å². The molecule has 1 aliphatic heterocycles. The number of ether oxygens (including phenoxy) is 1. The largest absolute Gasteiger partial charge is 0.373 e. The molecule has 0 spiro atoms. The fraction of sp³-hybridized carbons (Fsp3) is 0.733. The van der Waals surface area contributed by atoms with Crippen molar-refractivity contribution in [3.8, 4) is 0 Å². The summed E-state index contributed by atoms with van der Waals surface area (Å²) in [5, 5.41) is 7.56. The SMILES string of the molecule is Cn1cc([C@@H]2OCC[C@H]2CN=C(N)NC2CCCC2)cn1. The van der Waals surface area contributed by atoms with Crippen molar-refractivity contribution in [3.05, 3.63) is 18.0 Å². The summed E-state index contributed by atoms with van der Waals surface area (Å²) in [6.45, 7) is 1.50. The number of hydrogen-bond donors (Lipinski definition) is 2. The van der Waals surface area contributed by atoms with Crippen molar-refractivity contribution in [2.75, 3.05) is 13.2 Å². The predicted octanol–water partition coefficient (Wildman–Crippen LogP) is 1.34. The smallest absolute Gasteiger partial charge is 0.188 e. The van der Waals surface area contributed by atoms with Crippen LogP contribution in [-0.4, -0.2) is 34.9 Å². The molecule has 0 amide bonds. The first-order chi connectivity index (χ1) is 10.2. The van der Waals surface area contributed by atoms with Crippen LogP contribution in [0.2, 0.25) is 0 Å². The van der Waals surface area contributed by atoms with Gasteiger partial charge in [-0.2, -0.15) is 5.10 Å². The number of hydrogen-bond acceptors (Lipinski definition) is 3. The van der Waals surface area contributed by atoms with E-state index < -0.39 is 0 Å². The van der Waals surface area contributed by atoms with Crippen molar-refractivity contribution in [2.45, 2.75) is 44.2 Å². The topological polar surface area (TPSA) is 77.5 Å². The van der Waals surface area contributed by atoms with E-state index in [2.05, 4.69) is 15.4 Å². The monoisotopic (exact) mass is 291 g/mol. The van der Waals surface area contributed by atoms with E-state index >= 15 is 0 Å². The standard InChI is InChI=1S/C15H25N5O/c1-20-10-12(9-18-20)14-11(6-7-21-14)8-17-15(16)19-13-4-2-3-5-13/h9-11,13-14H,2-8H2,1H3,(H3,16,17,19)/t11-,14+/m0/s1. The van der Waals surface area contributed by atoms with E-state index in [1.165, 1.54) is 25.7 Å². The van der Waals surface area contributed by atoms with Crippen LogP contribution in [0.3, 0.4) is 0 Å². The molecule has 116 valence electrons. The van der Waals surface area contributed by atoms with Crippen molar-refractivity contribution in [1.29, 1.82) is 0 Å². The van der Waals surface area contributed by atoms with Gasteiger partial charge in [0, 0.05) is 43.9 Å². The Morgan fingerprint density at radius 2 is 2.29 bits per heavy atom. The summed E-state index contributed by atoms with van der Waals surface area (Å²) >= 11 is 0. The minimum Gasteiger partial charge on any atom is -0.373 e. The van der Waals surface area contributed by atoms with Crippen LogP contribution in [0.5, 0.6) is 0 Å². The van der Waals surface area contributed by atoms with E-state index in [0.717, 1.165) is 18.6 Å². The lowest BCUT2D eigenvalue weighted by molar-refractivity contribution is 0.0925. The second-order valence-electron chi connectivity index (χ2n) is 6.14. The van der Waals surface area contributed by atoms with E-state index in [0.29, 0.717) is 24.5 Å². The van der Waals surface area contributed by atoms with Gasteiger partial charge in [0.1, 0.15) is 0 Å². The van der Waals surface area contributed by atoms with Crippen LogP contribution in [0.15, 0.2) is 17.4 Å². The maximum absolute atomic E-state index is 6.00. The van der Waals surface area contributed by atoms with Crippen molar-refractivity contribution < 1.29 is 4.74 Å². The number of aliphatic imine (C=N–C) groups is 1. The maximum Gasteiger partial charge on any atom is 0.188 e. The average molecular weight is 291 g/mol. The van der Waals surface area contributed by atoms with Gasteiger partial charge in [-0.15, -0.1) is 0 Å². The van der Waals surface area contributed by atoms with Gasteiger partial charge in [-0.3, -0.25) is 9.67 Å². The molecule has 3 rings (SSSR count). The maximum atomic E-state index is 6.00. The minimum absolute atomic E-state index is 0.0988. The lowest BCUT2D eigenvalue weighted by atomic mass is 9.98. The molecule has 0 aromatic carbocycles. The molecule has 1 aliphatic carbocycles. The molecule has 1 saturated carbocycles. The van der Waals surface area contributed by atoms with Crippen molar-refractivity contribution >= 4 is 5.96 Å². The molecule has 0 radical (unpaired) electrons. The zero-order valence-corrected chi connectivity index (χ0v) is 12.7. The van der Waals surface area contributed by atoms with Crippen LogP contribution in [0, 0.1) is 5.92 Å². The molecule has 2 aliphatic rings. The molecule has 1 aromatic rings. The Bertz CT molecular complexity index is 492. The molecule has 2 fully saturated rings. The van der Waals surface area contributed by atoms with Crippen LogP contribution in [0.1, 0.15) is 43.8 Å². The van der Waals surface area contributed by atoms with Gasteiger partial charge >= 0.3 is 0 Å². The third-order valence-corrected chi connectivity index (χ3v) is 4.47. The highest BCUT2D eigenvalue weighted by atomic mass is 16.5. The predicted molar refractivity (Wildman–Crippen MR) is 81.9 cm³/mol. The van der Waals surface area contributed by atoms with Crippen LogP contribution >= 0.6 is 0 Å². The Labute approximate surface area is 125 Å². The number of nitrogens with two attached hydrogens (primary N) is 1. The van der Waals surface area contributed by atoms with Gasteiger partial charge in [0.15, 0.2) is 5.96 Å². The highest BCUT2D eigenvalue weighted by Crippen LogP contribution is 2.34. The highest BCUT2D eigenvalue weighted by molar-refractivity contribution is 5.78. The summed E-state index contributed by atoms with van der Waals surface area (Å²) in [7, 11) is 1.93. The zero-order chi connectivity index (χ0) is 14.7. The molecule has 2 heterocycles. The van der Waals surface area contributed by atoms with E-state index in [1.807, 2.05) is 24.1 Å². The molecular formula is C15H25N5O. The molecule has 21 heavy (non-hydrogen) atoms. The van der Waals surface area contributed by atoms with Crippen molar-refractivity contribution in [3.63, 3.8) is 0 Å². The molecule has 1 aromatic heterocycles. The quantitative estimate of drug-likeness (QED) is 0.648. The molecule has 0 bridgehead atoms. The summed E-state index contributed by atoms with van der Waals surface area (Å²) in [6.07, 6.45) is 10.0. The van der Waals surface area contributed by atoms with E-state index in [9.17, 15) is 0 Å². The summed E-state index contributed by atoms with van der Waals surface area (Å²) in [4.78, 5) is 4.53. The Hall–Kier alpha value is -1.56. The molecule has 2 atom stereocenters. The Kier molecular flexibility index (Phi) is 4.43. The van der Waals surface area contributed by atoms with E-state index in [-0.39, 0.29) is 6.10 Å². The van der Waals surface area contributed by atoms with Gasteiger partial charge in [0.05, 0.1) is 12.3 Å². The van der Waals surface area contributed by atoms with Crippen molar-refractivity contribution in [1.82, 2.24) is 15.1 Å². The minimum atomic E-state index is 0.0988. The Morgan fingerprint density at radius 3 is 3.00 bits per heavy atom. The first kappa shape index (κ1) is 14.4. The molecular weight excluding hydrogens is 266 g/mol. The van der Waals surface area contributed by atoms with Crippen LogP contribution in [-0.2, 0) is 11.8 Å². The number of nitrogens with one attached hydrogen (secondary N) is 1. The molecule has 6 heteroatoms. The molecule has 1 saturated heterocycles. The van der Waals surface area contributed by atoms with Crippen LogP contribution in [0.4, 0.5) is 0 Å². The third kappa shape index (κ3) is 3.56. The normalized spacial score (nSPS) is 27.4. The summed E-state index contributed by atoms with van der Waals surface area (Å²) in [5.41, 5.74) is 7.14. The fourth-order valence-electron chi connectivity index (χ4n) is 3.32. The lowest BCUT2D eigenvalue weighted by Crippen LogP contribution is -2.38. The lowest BCUT2D eigenvalue weighted by Gasteiger charge is -2.16. The van der Waals surface area contributed by atoms with Gasteiger partial charge in [-0.05, 0) is 19.3 Å². The number of nitrogens with zero attached hydrogens (tertiary/aromatic N) is 3. The first-order valence-corrected chi connectivity index (χ1v) is 7.89. The van der Waals surface area contributed by atoms with Crippen LogP contribution < -0.4 is 11.1 Å². The average Bonchev–Trinajstić information content (AvgIpc) is 3.17. The summed E-state index contributed by atoms with van der Waals surface area (Å²) in [6, 6.07) is 0.516. The zero-order valence-electron chi connectivity index (χ0n) is 12.7. The second kappa shape index (κ2) is 6.47. The van der Waals surface area contributed by atoms with Crippen LogP contribution in [0.25, 0.3) is 0 Å². The first-order valence-electron chi connectivity index (χ1n) is 7.89. The third-order valence-electron chi connectivity index (χ3n) is 4.47. The Morgan fingerprint density at radius 1 is 1.48 bits per heavy atom. The number of rotatable bonds is 4. The molecule has 6 nitrogen and oxygen atoms in total. The number of aryl methyl sites for hydroxylation is 1. The van der Waals surface area contributed by atoms with Gasteiger partial charge in [0.25, 0.3) is 0 Å². The van der Waals surface area contributed by atoms with Gasteiger partial charge < -0.3 is 15.8 Å². The molecule has 3 N–H and O–H groups in total. The Balaban J connectivity index is 1.55. The summed E-state index contributed by atoms with van der Waals surface area (Å²) < 4.78 is 7.66. The number of aromatic nitrogens is 2. The number of guanidine groups is 1. The van der Waals surface area contributed by atoms with Gasteiger partial charge in [-0.25, -0.2) is 0 Å². The van der Waals surface area contributed by atoms with Gasteiger partial charge in [0.2, 0.25) is 0 Å².